The lowest BCUT2D eigenvalue weighted by molar-refractivity contribution is 0.357. The van der Waals surface area contributed by atoms with Crippen molar-refractivity contribution in [3.63, 3.8) is 0 Å². The van der Waals surface area contributed by atoms with E-state index in [-0.39, 0.29) is 11.1 Å². The average molecular weight is 312 g/mol. The summed E-state index contributed by atoms with van der Waals surface area (Å²) < 4.78 is 29.1. The third-order valence-electron chi connectivity index (χ3n) is 4.32. The van der Waals surface area contributed by atoms with E-state index < -0.39 is 10.0 Å². The third-order valence-corrected chi connectivity index (χ3v) is 6.04. The van der Waals surface area contributed by atoms with E-state index in [2.05, 4.69) is 10.3 Å². The molecule has 0 aromatic carbocycles. The van der Waals surface area contributed by atoms with Gasteiger partial charge in [0.2, 0.25) is 0 Å². The summed E-state index contributed by atoms with van der Waals surface area (Å²) in [4.78, 5) is 4.09. The van der Waals surface area contributed by atoms with E-state index in [4.69, 9.17) is 0 Å². The minimum absolute atomic E-state index is 0.183. The van der Waals surface area contributed by atoms with E-state index in [9.17, 15) is 8.42 Å². The molecule has 1 aromatic heterocycles. The monoisotopic (exact) mass is 312 g/mol. The smallest absolute Gasteiger partial charge is 0.262 e. The first kappa shape index (κ1) is 15.0. The van der Waals surface area contributed by atoms with E-state index in [1.165, 1.54) is 0 Å². The molecule has 1 N–H and O–H groups in total. The summed E-state index contributed by atoms with van der Waals surface area (Å²) >= 11 is 0. The molecule has 0 amide bonds. The van der Waals surface area contributed by atoms with Crippen molar-refractivity contribution in [3.05, 3.63) is 12.5 Å². The normalized spacial score (nSPS) is 23.0. The van der Waals surface area contributed by atoms with Crippen LogP contribution < -0.4 is 5.32 Å². The Balaban J connectivity index is 1.78. The SMILES string of the molecule is CCn1cnc(S(=O)(=O)N(CC2CC2)CC2CCCN2)c1. The minimum Gasteiger partial charge on any atom is -0.336 e. The van der Waals surface area contributed by atoms with Crippen molar-refractivity contribution in [3.8, 4) is 0 Å². The van der Waals surface area contributed by atoms with Crippen molar-refractivity contribution in [2.45, 2.75) is 50.2 Å². The number of imidazole rings is 1. The van der Waals surface area contributed by atoms with Gasteiger partial charge in [0.05, 0.1) is 6.33 Å². The molecule has 1 aromatic rings. The van der Waals surface area contributed by atoms with Gasteiger partial charge in [-0.15, -0.1) is 0 Å². The van der Waals surface area contributed by atoms with Gasteiger partial charge in [-0.05, 0) is 45.1 Å². The Bertz CT molecular complexity index is 574. The molecule has 1 unspecified atom stereocenters. The fraction of sp³-hybridized carbons (Fsp3) is 0.786. The number of nitrogens with zero attached hydrogens (tertiary/aromatic N) is 3. The Morgan fingerprint density at radius 3 is 2.76 bits per heavy atom. The highest BCUT2D eigenvalue weighted by Gasteiger charge is 2.34. The third kappa shape index (κ3) is 3.46. The molecule has 118 valence electrons. The lowest BCUT2D eigenvalue weighted by Crippen LogP contribution is -2.42. The summed E-state index contributed by atoms with van der Waals surface area (Å²) in [7, 11) is -3.47. The van der Waals surface area contributed by atoms with Crippen molar-refractivity contribution < 1.29 is 8.42 Å². The van der Waals surface area contributed by atoms with Crippen molar-refractivity contribution in [1.82, 2.24) is 19.2 Å². The molecule has 6 nitrogen and oxygen atoms in total. The fourth-order valence-electron chi connectivity index (χ4n) is 2.80. The van der Waals surface area contributed by atoms with Crippen LogP contribution in [0.25, 0.3) is 0 Å². The van der Waals surface area contributed by atoms with Gasteiger partial charge in [0, 0.05) is 31.9 Å². The molecule has 3 rings (SSSR count). The van der Waals surface area contributed by atoms with Gasteiger partial charge in [-0.3, -0.25) is 0 Å². The van der Waals surface area contributed by atoms with Gasteiger partial charge in [-0.25, -0.2) is 13.4 Å². The highest BCUT2D eigenvalue weighted by Crippen LogP contribution is 2.31. The predicted molar refractivity (Wildman–Crippen MR) is 80.4 cm³/mol. The molecule has 0 spiro atoms. The quantitative estimate of drug-likeness (QED) is 0.817. The van der Waals surface area contributed by atoms with Crippen molar-refractivity contribution in [1.29, 1.82) is 0 Å². The molecule has 0 bridgehead atoms. The highest BCUT2D eigenvalue weighted by molar-refractivity contribution is 7.89. The number of rotatable bonds is 7. The number of nitrogens with one attached hydrogen (secondary N) is 1. The van der Waals surface area contributed by atoms with Crippen LogP contribution in [0.2, 0.25) is 0 Å². The standard InChI is InChI=1S/C14H24N4O2S/c1-2-17-10-14(16-11-17)21(19,20)18(8-12-5-6-12)9-13-4-3-7-15-13/h10-13,15H,2-9H2,1H3. The summed E-state index contributed by atoms with van der Waals surface area (Å²) in [5.41, 5.74) is 0. The first-order valence-electron chi connectivity index (χ1n) is 7.85. The molecule has 1 saturated heterocycles. The van der Waals surface area contributed by atoms with Gasteiger partial charge in [-0.1, -0.05) is 0 Å². The zero-order chi connectivity index (χ0) is 14.9. The molecule has 1 atom stereocenters. The van der Waals surface area contributed by atoms with Crippen LogP contribution in [0.5, 0.6) is 0 Å². The molecule has 1 aliphatic carbocycles. The van der Waals surface area contributed by atoms with Crippen molar-refractivity contribution in [2.75, 3.05) is 19.6 Å². The van der Waals surface area contributed by atoms with E-state index >= 15 is 0 Å². The maximum Gasteiger partial charge on any atom is 0.262 e. The molecular formula is C14H24N4O2S. The van der Waals surface area contributed by atoms with Crippen LogP contribution in [0.4, 0.5) is 0 Å². The minimum atomic E-state index is -3.47. The Hall–Kier alpha value is -0.920. The number of hydrogen-bond acceptors (Lipinski definition) is 4. The van der Waals surface area contributed by atoms with Crippen LogP contribution in [0.1, 0.15) is 32.6 Å². The van der Waals surface area contributed by atoms with Crippen LogP contribution in [0, 0.1) is 5.92 Å². The average Bonchev–Trinajstić information content (AvgIpc) is 2.96. The maximum atomic E-state index is 12.8. The summed E-state index contributed by atoms with van der Waals surface area (Å²) in [5, 5.41) is 3.57. The Labute approximate surface area is 126 Å². The van der Waals surface area contributed by atoms with Crippen LogP contribution in [-0.4, -0.2) is 48.0 Å². The molecule has 2 aliphatic rings. The van der Waals surface area contributed by atoms with Gasteiger partial charge in [-0.2, -0.15) is 4.31 Å². The molecule has 0 radical (unpaired) electrons. The molecule has 7 heteroatoms. The molecule has 1 saturated carbocycles. The van der Waals surface area contributed by atoms with Crippen LogP contribution in [0.3, 0.4) is 0 Å². The van der Waals surface area contributed by atoms with Crippen molar-refractivity contribution >= 4 is 10.0 Å². The van der Waals surface area contributed by atoms with Crippen LogP contribution in [0.15, 0.2) is 17.6 Å². The predicted octanol–water partition coefficient (Wildman–Crippen LogP) is 1.06. The first-order valence-corrected chi connectivity index (χ1v) is 9.29. The summed E-state index contributed by atoms with van der Waals surface area (Å²) in [6, 6.07) is 0.284. The summed E-state index contributed by atoms with van der Waals surface area (Å²) in [6.07, 6.45) is 7.71. The molecule has 21 heavy (non-hydrogen) atoms. The van der Waals surface area contributed by atoms with E-state index in [1.807, 2.05) is 6.92 Å². The molecule has 2 fully saturated rings. The Morgan fingerprint density at radius 1 is 1.38 bits per heavy atom. The van der Waals surface area contributed by atoms with Gasteiger partial charge >= 0.3 is 0 Å². The lowest BCUT2D eigenvalue weighted by atomic mass is 10.2. The molecular weight excluding hydrogens is 288 g/mol. The topological polar surface area (TPSA) is 67.2 Å². The van der Waals surface area contributed by atoms with Gasteiger partial charge in [0.15, 0.2) is 5.03 Å². The second kappa shape index (κ2) is 6.06. The number of aryl methyl sites for hydroxylation is 1. The van der Waals surface area contributed by atoms with Crippen LogP contribution in [-0.2, 0) is 16.6 Å². The number of sulfonamides is 1. The number of hydrogen-bond donors (Lipinski definition) is 1. The van der Waals surface area contributed by atoms with Gasteiger partial charge in [0.25, 0.3) is 10.0 Å². The van der Waals surface area contributed by atoms with E-state index in [0.717, 1.165) is 38.8 Å². The Morgan fingerprint density at radius 2 is 2.19 bits per heavy atom. The summed E-state index contributed by atoms with van der Waals surface area (Å²) in [6.45, 7) is 4.90. The zero-order valence-electron chi connectivity index (χ0n) is 12.5. The fourth-order valence-corrected chi connectivity index (χ4v) is 4.29. The molecule has 1 aliphatic heterocycles. The first-order chi connectivity index (χ1) is 10.1. The second-order valence-electron chi connectivity index (χ2n) is 6.10. The zero-order valence-corrected chi connectivity index (χ0v) is 13.3. The van der Waals surface area contributed by atoms with Crippen molar-refractivity contribution in [2.24, 2.45) is 5.92 Å². The molecule has 2 heterocycles. The van der Waals surface area contributed by atoms with E-state index in [0.29, 0.717) is 19.0 Å². The van der Waals surface area contributed by atoms with Crippen LogP contribution >= 0.6 is 0 Å². The van der Waals surface area contributed by atoms with Gasteiger partial charge in [0.1, 0.15) is 0 Å². The van der Waals surface area contributed by atoms with E-state index in [1.54, 1.807) is 21.4 Å². The number of aromatic nitrogens is 2. The lowest BCUT2D eigenvalue weighted by Gasteiger charge is -2.24. The summed E-state index contributed by atoms with van der Waals surface area (Å²) in [5.74, 6) is 0.537. The second-order valence-corrected chi connectivity index (χ2v) is 7.99. The maximum absolute atomic E-state index is 12.8. The largest absolute Gasteiger partial charge is 0.336 e. The van der Waals surface area contributed by atoms with Gasteiger partial charge < -0.3 is 9.88 Å². The Kier molecular flexibility index (Phi) is 4.33. The highest BCUT2D eigenvalue weighted by atomic mass is 32.2.